The van der Waals surface area contributed by atoms with Gasteiger partial charge in [0, 0.05) is 12.7 Å². The molecule has 1 aliphatic heterocycles. The zero-order valence-electron chi connectivity index (χ0n) is 30.9. The van der Waals surface area contributed by atoms with Gasteiger partial charge in [0.1, 0.15) is 22.6 Å². The van der Waals surface area contributed by atoms with Gasteiger partial charge in [0.25, 0.3) is 0 Å². The van der Waals surface area contributed by atoms with Gasteiger partial charge in [0.15, 0.2) is 9.92 Å². The molecule has 0 unspecified atom stereocenters. The molecule has 278 valence electrons. The van der Waals surface area contributed by atoms with E-state index in [1.54, 1.807) is 11.7 Å². The second-order valence-electron chi connectivity index (χ2n) is 15.1. The average Bonchev–Trinajstić information content (AvgIpc) is 3.57. The van der Waals surface area contributed by atoms with Gasteiger partial charge in [-0.05, 0) is 85.4 Å². The van der Waals surface area contributed by atoms with Crippen LogP contribution in [0.3, 0.4) is 0 Å². The number of rotatable bonds is 8. The van der Waals surface area contributed by atoms with Gasteiger partial charge in [-0.2, -0.15) is 9.46 Å². The first-order chi connectivity index (χ1) is 25.9. The Morgan fingerprint density at radius 3 is 1.89 bits per heavy atom. The van der Waals surface area contributed by atoms with E-state index in [-0.39, 0.29) is 23.9 Å². The number of aromatic nitrogens is 2. The van der Waals surface area contributed by atoms with E-state index >= 15 is 4.21 Å². The number of carbonyl (C=O) groups excluding carboxylic acids is 2. The number of ether oxygens (including phenoxy) is 2. The van der Waals surface area contributed by atoms with Gasteiger partial charge in [-0.1, -0.05) is 97.1 Å². The molecule has 0 fully saturated rings. The average molecular weight is 745 g/mol. The standard InChI is InChI=1S/C42H44N6O5S/c1-41(2,3)53-40(50)47(4)33-26-48-38(52-27-33)36(25-43-48)54(51,45-39(49)44-37-34-22-20-28(34)24-29-21-23-35(29)37)46-42(30-14-8-5-9-15-30,31-16-10-6-11-17-31)32-18-12-7-13-19-32/h5-19,24-25,33H,20-23,26-27H2,1-4H3,(H2,44,45,46,49,51)/t33-,54-/m0/s1. The molecule has 8 rings (SSSR count). The van der Waals surface area contributed by atoms with Crippen LogP contribution in [0.1, 0.15) is 59.7 Å². The second-order valence-corrected chi connectivity index (χ2v) is 16.9. The highest BCUT2D eigenvalue weighted by Gasteiger charge is 2.41. The van der Waals surface area contributed by atoms with Crippen molar-refractivity contribution in [3.8, 4) is 5.88 Å². The van der Waals surface area contributed by atoms with Crippen molar-refractivity contribution in [3.05, 3.63) is 142 Å². The van der Waals surface area contributed by atoms with Crippen LogP contribution < -0.4 is 14.8 Å². The number of carbonyl (C=O) groups is 2. The fourth-order valence-electron chi connectivity index (χ4n) is 7.47. The largest absolute Gasteiger partial charge is 0.475 e. The van der Waals surface area contributed by atoms with E-state index < -0.39 is 39.2 Å². The van der Waals surface area contributed by atoms with E-state index in [9.17, 15) is 9.59 Å². The van der Waals surface area contributed by atoms with Crippen molar-refractivity contribution in [2.75, 3.05) is 19.0 Å². The summed E-state index contributed by atoms with van der Waals surface area (Å²) in [5.74, 6) is 0.203. The maximum Gasteiger partial charge on any atom is 0.410 e. The number of nitrogens with zero attached hydrogens (tertiary/aromatic N) is 4. The van der Waals surface area contributed by atoms with Crippen LogP contribution in [0, 0.1) is 0 Å². The van der Waals surface area contributed by atoms with Crippen molar-refractivity contribution in [2.24, 2.45) is 4.36 Å². The summed E-state index contributed by atoms with van der Waals surface area (Å²) in [4.78, 5) is 28.9. The molecule has 4 aromatic carbocycles. The maximum atomic E-state index is 16.1. The van der Waals surface area contributed by atoms with Crippen molar-refractivity contribution in [3.63, 3.8) is 0 Å². The second kappa shape index (κ2) is 13.7. The lowest BCUT2D eigenvalue weighted by molar-refractivity contribution is 0.0101. The Morgan fingerprint density at radius 1 is 0.870 bits per heavy atom. The van der Waals surface area contributed by atoms with E-state index in [0.29, 0.717) is 0 Å². The molecule has 11 nitrogen and oxygen atoms in total. The first kappa shape index (κ1) is 35.4. The fraction of sp³-hybridized carbons (Fsp3) is 0.310. The predicted molar refractivity (Wildman–Crippen MR) is 207 cm³/mol. The number of nitrogens with one attached hydrogen (secondary N) is 2. The van der Waals surface area contributed by atoms with Crippen molar-refractivity contribution in [1.29, 1.82) is 0 Å². The summed E-state index contributed by atoms with van der Waals surface area (Å²) in [6.45, 7) is 5.77. The first-order valence-electron chi connectivity index (χ1n) is 18.3. The zero-order chi connectivity index (χ0) is 37.7. The number of fused-ring (bicyclic) bond motifs is 3. The van der Waals surface area contributed by atoms with Crippen LogP contribution in [-0.4, -0.2) is 56.3 Å². The van der Waals surface area contributed by atoms with E-state index in [2.05, 4.69) is 21.2 Å². The zero-order valence-corrected chi connectivity index (χ0v) is 31.7. The number of anilines is 1. The summed E-state index contributed by atoms with van der Waals surface area (Å²) in [5.41, 5.74) is 5.80. The highest BCUT2D eigenvalue weighted by atomic mass is 32.2. The van der Waals surface area contributed by atoms with Crippen LogP contribution in [0.25, 0.3) is 0 Å². The molecule has 0 radical (unpaired) electrons. The normalized spacial score (nSPS) is 16.8. The van der Waals surface area contributed by atoms with E-state index in [4.69, 9.17) is 13.8 Å². The molecule has 0 bridgehead atoms. The molecule has 2 heterocycles. The number of hydrogen-bond acceptors (Lipinski definition) is 7. The summed E-state index contributed by atoms with van der Waals surface area (Å²) in [6.07, 6.45) is 4.66. The smallest absolute Gasteiger partial charge is 0.410 e. The quantitative estimate of drug-likeness (QED) is 0.161. The highest BCUT2D eigenvalue weighted by molar-refractivity contribution is 7.92. The fourth-order valence-corrected chi connectivity index (χ4v) is 9.32. The number of likely N-dealkylation sites (N-methyl/N-ethyl adjacent to an activating group) is 1. The number of urea groups is 1. The Kier molecular flexibility index (Phi) is 8.96. The number of aryl methyl sites for hydroxylation is 2. The Balaban J connectivity index is 1.28. The van der Waals surface area contributed by atoms with Crippen molar-refractivity contribution < 1.29 is 23.3 Å². The number of hydrogen-bond donors (Lipinski definition) is 2. The minimum absolute atomic E-state index is 0.0830. The van der Waals surface area contributed by atoms with Crippen LogP contribution in [0.4, 0.5) is 15.3 Å². The third-order valence-electron chi connectivity index (χ3n) is 10.4. The Labute approximate surface area is 316 Å². The molecule has 12 heteroatoms. The van der Waals surface area contributed by atoms with E-state index in [1.807, 2.05) is 112 Å². The van der Waals surface area contributed by atoms with Gasteiger partial charge in [0.2, 0.25) is 5.88 Å². The summed E-state index contributed by atoms with van der Waals surface area (Å²) < 4.78 is 37.8. The lowest BCUT2D eigenvalue weighted by atomic mass is 9.76. The van der Waals surface area contributed by atoms with Crippen LogP contribution >= 0.6 is 0 Å². The number of benzene rings is 4. The Bertz CT molecular complexity index is 2220. The Hall–Kier alpha value is -5.62. The third kappa shape index (κ3) is 6.38. The van der Waals surface area contributed by atoms with Gasteiger partial charge in [-0.25, -0.2) is 23.2 Å². The molecule has 0 spiro atoms. The first-order valence-corrected chi connectivity index (χ1v) is 19.8. The maximum absolute atomic E-state index is 16.1. The molecular weight excluding hydrogens is 701 g/mol. The van der Waals surface area contributed by atoms with Gasteiger partial charge >= 0.3 is 12.1 Å². The topological polar surface area (TPSA) is 127 Å². The lowest BCUT2D eigenvalue weighted by Gasteiger charge is -2.34. The molecule has 3 amide bonds. The monoisotopic (exact) mass is 744 g/mol. The van der Waals surface area contributed by atoms with E-state index in [0.717, 1.165) is 59.2 Å². The summed E-state index contributed by atoms with van der Waals surface area (Å²) >= 11 is 0. The van der Waals surface area contributed by atoms with Crippen molar-refractivity contribution >= 4 is 27.7 Å². The molecule has 0 saturated carbocycles. The molecule has 5 aromatic rings. The molecule has 0 saturated heterocycles. The molecule has 1 aromatic heterocycles. The van der Waals surface area contributed by atoms with Crippen molar-refractivity contribution in [2.45, 2.75) is 75.1 Å². The van der Waals surface area contributed by atoms with Crippen LogP contribution in [-0.2, 0) is 52.4 Å². The van der Waals surface area contributed by atoms with Crippen LogP contribution in [0.2, 0.25) is 0 Å². The summed E-state index contributed by atoms with van der Waals surface area (Å²) in [5, 5.41) is 7.70. The van der Waals surface area contributed by atoms with E-state index in [1.165, 1.54) is 22.2 Å². The van der Waals surface area contributed by atoms with Gasteiger partial charge in [-0.3, -0.25) is 0 Å². The summed E-state index contributed by atoms with van der Waals surface area (Å²) in [6, 6.07) is 30.2. The Morgan fingerprint density at radius 2 is 1.41 bits per heavy atom. The van der Waals surface area contributed by atoms with Gasteiger partial charge < -0.3 is 19.7 Å². The predicted octanol–water partition coefficient (Wildman–Crippen LogP) is 7.26. The number of amides is 3. The minimum Gasteiger partial charge on any atom is -0.475 e. The van der Waals surface area contributed by atoms with Crippen LogP contribution in [0.5, 0.6) is 5.88 Å². The SMILES string of the molecule is CN(C(=O)OC(C)(C)C)[C@@H]1COc2c([S@@](=O)(=NC(c3ccccc3)(c3ccccc3)c3ccccc3)NC(=O)Nc3c4c(cc5c3CC5)CC4)cnn2C1. The minimum atomic E-state index is -3.93. The molecule has 54 heavy (non-hydrogen) atoms. The third-order valence-corrected chi connectivity index (χ3v) is 12.3. The van der Waals surface area contributed by atoms with Gasteiger partial charge in [0.05, 0.1) is 18.8 Å². The van der Waals surface area contributed by atoms with Crippen molar-refractivity contribution in [1.82, 2.24) is 19.4 Å². The molecule has 2 aliphatic carbocycles. The lowest BCUT2D eigenvalue weighted by Crippen LogP contribution is -2.48. The molecule has 2 atom stereocenters. The highest BCUT2D eigenvalue weighted by Crippen LogP contribution is 2.44. The van der Waals surface area contributed by atoms with Crippen LogP contribution in [0.15, 0.2) is 113 Å². The molecule has 2 N–H and O–H groups in total. The van der Waals surface area contributed by atoms with Gasteiger partial charge in [-0.15, -0.1) is 0 Å². The molecule has 3 aliphatic rings. The summed E-state index contributed by atoms with van der Waals surface area (Å²) in [7, 11) is -2.27. The molecular formula is C42H44N6O5S.